The lowest BCUT2D eigenvalue weighted by Crippen LogP contribution is -2.40. The van der Waals surface area contributed by atoms with Crippen LogP contribution in [0.15, 0.2) is 29.4 Å². The van der Waals surface area contributed by atoms with E-state index >= 15 is 0 Å². The van der Waals surface area contributed by atoms with Crippen LogP contribution in [0.4, 0.5) is 0 Å². The van der Waals surface area contributed by atoms with Gasteiger partial charge in [-0.1, -0.05) is 23.7 Å². The van der Waals surface area contributed by atoms with Crippen LogP contribution in [-0.2, 0) is 4.74 Å². The Morgan fingerprint density at radius 1 is 1.50 bits per heavy atom. The largest absolute Gasteiger partial charge is 0.383 e. The molecule has 0 aliphatic heterocycles. The molecule has 0 aliphatic carbocycles. The molecule has 1 aromatic carbocycles. The van der Waals surface area contributed by atoms with Crippen molar-refractivity contribution in [2.24, 2.45) is 5.10 Å². The maximum absolute atomic E-state index is 5.78. The summed E-state index contributed by atoms with van der Waals surface area (Å²) in [5.41, 5.74) is 3.68. The molecule has 0 aliphatic rings. The molecule has 1 atom stereocenters. The molecule has 0 heterocycles. The number of thiocarbonyl (C=S) groups is 1. The van der Waals surface area contributed by atoms with Gasteiger partial charge in [-0.05, 0) is 36.8 Å². The monoisotopic (exact) mass is 285 g/mol. The number of halogens is 1. The zero-order chi connectivity index (χ0) is 13.4. The highest BCUT2D eigenvalue weighted by molar-refractivity contribution is 7.80. The molecule has 0 unspecified atom stereocenters. The van der Waals surface area contributed by atoms with Gasteiger partial charge in [-0.2, -0.15) is 5.10 Å². The Morgan fingerprint density at radius 3 is 2.78 bits per heavy atom. The van der Waals surface area contributed by atoms with Crippen LogP contribution < -0.4 is 10.7 Å². The third-order valence-electron chi connectivity index (χ3n) is 2.04. The van der Waals surface area contributed by atoms with Gasteiger partial charge in [0.25, 0.3) is 0 Å². The van der Waals surface area contributed by atoms with Crippen molar-refractivity contribution in [3.8, 4) is 0 Å². The van der Waals surface area contributed by atoms with E-state index in [4.69, 9.17) is 28.6 Å². The first-order valence-electron chi connectivity index (χ1n) is 5.46. The normalized spacial score (nSPS) is 12.4. The number of hydrazone groups is 1. The number of hydrogen-bond donors (Lipinski definition) is 2. The fourth-order valence-electron chi connectivity index (χ4n) is 1.26. The highest BCUT2D eigenvalue weighted by atomic mass is 35.5. The van der Waals surface area contributed by atoms with E-state index in [1.165, 1.54) is 0 Å². The maximum atomic E-state index is 5.78. The fourth-order valence-corrected chi connectivity index (χ4v) is 1.64. The molecular weight excluding hydrogens is 270 g/mol. The molecule has 1 rings (SSSR count). The molecule has 4 nitrogen and oxygen atoms in total. The van der Waals surface area contributed by atoms with Crippen LogP contribution in [-0.4, -0.2) is 31.1 Å². The summed E-state index contributed by atoms with van der Waals surface area (Å²) >= 11 is 10.8. The van der Waals surface area contributed by atoms with Crippen LogP contribution in [0.25, 0.3) is 0 Å². The third kappa shape index (κ3) is 5.95. The summed E-state index contributed by atoms with van der Waals surface area (Å²) < 4.78 is 4.99. The van der Waals surface area contributed by atoms with Crippen LogP contribution in [0.1, 0.15) is 12.5 Å². The molecule has 0 radical (unpaired) electrons. The van der Waals surface area contributed by atoms with E-state index in [1.807, 2.05) is 19.1 Å². The first kappa shape index (κ1) is 14.9. The van der Waals surface area contributed by atoms with Gasteiger partial charge in [-0.15, -0.1) is 0 Å². The second-order valence-electron chi connectivity index (χ2n) is 3.75. The molecule has 1 aromatic rings. The van der Waals surface area contributed by atoms with Crippen LogP contribution in [0.3, 0.4) is 0 Å². The lowest BCUT2D eigenvalue weighted by Gasteiger charge is -2.13. The quantitative estimate of drug-likeness (QED) is 0.494. The Morgan fingerprint density at radius 2 is 2.17 bits per heavy atom. The van der Waals surface area contributed by atoms with Crippen molar-refractivity contribution in [3.63, 3.8) is 0 Å². The van der Waals surface area contributed by atoms with Crippen LogP contribution in [0.2, 0.25) is 5.02 Å². The van der Waals surface area contributed by atoms with Crippen molar-refractivity contribution in [1.29, 1.82) is 0 Å². The van der Waals surface area contributed by atoms with Gasteiger partial charge >= 0.3 is 0 Å². The standard InChI is InChI=1S/C12H16ClN3OS/c1-9(8-17-2)15-12(18)16-14-7-10-3-5-11(13)6-4-10/h3-7,9H,8H2,1-2H3,(H2,15,16,18)/b14-7-/t9-/m0/s1. The number of hydrogen-bond acceptors (Lipinski definition) is 3. The third-order valence-corrected chi connectivity index (χ3v) is 2.50. The first-order chi connectivity index (χ1) is 8.61. The van der Waals surface area contributed by atoms with E-state index in [2.05, 4.69) is 15.8 Å². The highest BCUT2D eigenvalue weighted by Crippen LogP contribution is 2.07. The van der Waals surface area contributed by atoms with Gasteiger partial charge in [0.15, 0.2) is 5.11 Å². The topological polar surface area (TPSA) is 45.6 Å². The lowest BCUT2D eigenvalue weighted by molar-refractivity contribution is 0.179. The van der Waals surface area contributed by atoms with Gasteiger partial charge in [0.05, 0.1) is 12.8 Å². The van der Waals surface area contributed by atoms with E-state index < -0.39 is 0 Å². The number of nitrogens with one attached hydrogen (secondary N) is 2. The second kappa shape index (κ2) is 8.02. The summed E-state index contributed by atoms with van der Waals surface area (Å²) in [6, 6.07) is 7.50. The summed E-state index contributed by atoms with van der Waals surface area (Å²) in [7, 11) is 1.65. The zero-order valence-electron chi connectivity index (χ0n) is 10.3. The first-order valence-corrected chi connectivity index (χ1v) is 6.24. The van der Waals surface area contributed by atoms with Gasteiger partial charge < -0.3 is 10.1 Å². The minimum Gasteiger partial charge on any atom is -0.383 e. The van der Waals surface area contributed by atoms with Crippen LogP contribution in [0, 0.1) is 0 Å². The Bertz CT molecular complexity index is 408. The number of rotatable bonds is 5. The summed E-state index contributed by atoms with van der Waals surface area (Å²) in [4.78, 5) is 0. The SMILES string of the molecule is COC[C@H](C)NC(=S)N/N=C\c1ccc(Cl)cc1. The second-order valence-corrected chi connectivity index (χ2v) is 4.60. The Balaban J connectivity index is 2.35. The molecule has 18 heavy (non-hydrogen) atoms. The molecule has 0 fully saturated rings. The lowest BCUT2D eigenvalue weighted by atomic mass is 10.2. The molecule has 0 saturated carbocycles. The van der Waals surface area contributed by atoms with E-state index in [9.17, 15) is 0 Å². The Labute approximate surface area is 117 Å². The van der Waals surface area contributed by atoms with Crippen molar-refractivity contribution in [2.75, 3.05) is 13.7 Å². The number of nitrogens with zero attached hydrogens (tertiary/aromatic N) is 1. The number of benzene rings is 1. The number of ether oxygens (including phenoxy) is 1. The smallest absolute Gasteiger partial charge is 0.187 e. The minimum absolute atomic E-state index is 0.140. The van der Waals surface area contributed by atoms with Crippen molar-refractivity contribution in [3.05, 3.63) is 34.9 Å². The van der Waals surface area contributed by atoms with E-state index in [0.29, 0.717) is 16.7 Å². The summed E-state index contributed by atoms with van der Waals surface area (Å²) in [6.45, 7) is 2.56. The predicted octanol–water partition coefficient (Wildman–Crippen LogP) is 2.17. The average Bonchev–Trinajstić information content (AvgIpc) is 2.32. The number of methoxy groups -OCH3 is 1. The molecule has 0 bridgehead atoms. The van der Waals surface area contributed by atoms with E-state index in [1.54, 1.807) is 25.5 Å². The van der Waals surface area contributed by atoms with Gasteiger partial charge in [0.2, 0.25) is 0 Å². The summed E-state index contributed by atoms with van der Waals surface area (Å²) in [6.07, 6.45) is 1.67. The fraction of sp³-hybridized carbons (Fsp3) is 0.333. The van der Waals surface area contributed by atoms with Gasteiger partial charge in [0.1, 0.15) is 0 Å². The van der Waals surface area contributed by atoms with Crippen LogP contribution >= 0.6 is 23.8 Å². The molecule has 0 aromatic heterocycles. The van der Waals surface area contributed by atoms with Crippen molar-refractivity contribution < 1.29 is 4.74 Å². The molecule has 2 N–H and O–H groups in total. The highest BCUT2D eigenvalue weighted by Gasteiger charge is 2.01. The predicted molar refractivity (Wildman–Crippen MR) is 79.3 cm³/mol. The minimum atomic E-state index is 0.140. The van der Waals surface area contributed by atoms with Gasteiger partial charge in [0, 0.05) is 18.2 Å². The molecule has 6 heteroatoms. The van der Waals surface area contributed by atoms with Crippen LogP contribution in [0.5, 0.6) is 0 Å². The van der Waals surface area contributed by atoms with Gasteiger partial charge in [-0.25, -0.2) is 0 Å². The molecule has 0 spiro atoms. The Hall–Kier alpha value is -1.17. The van der Waals surface area contributed by atoms with Crippen molar-refractivity contribution in [1.82, 2.24) is 10.7 Å². The average molecular weight is 286 g/mol. The molecule has 98 valence electrons. The molecule has 0 amide bonds. The summed E-state index contributed by atoms with van der Waals surface area (Å²) in [5, 5.41) is 8.22. The molecular formula is C12H16ClN3OS. The molecule has 0 saturated heterocycles. The van der Waals surface area contributed by atoms with Crippen molar-refractivity contribution in [2.45, 2.75) is 13.0 Å². The zero-order valence-corrected chi connectivity index (χ0v) is 11.9. The van der Waals surface area contributed by atoms with E-state index in [0.717, 1.165) is 5.56 Å². The van der Waals surface area contributed by atoms with E-state index in [-0.39, 0.29) is 6.04 Å². The van der Waals surface area contributed by atoms with Crippen molar-refractivity contribution >= 4 is 35.1 Å². The summed E-state index contributed by atoms with van der Waals surface area (Å²) in [5.74, 6) is 0. The van der Waals surface area contributed by atoms with Gasteiger partial charge in [-0.3, -0.25) is 5.43 Å². The Kier molecular flexibility index (Phi) is 6.64. The maximum Gasteiger partial charge on any atom is 0.187 e.